The van der Waals surface area contributed by atoms with Gasteiger partial charge in [-0.25, -0.2) is 4.79 Å². The molecule has 2 aliphatic heterocycles. The van der Waals surface area contributed by atoms with E-state index in [1.807, 2.05) is 29.2 Å². The Balaban J connectivity index is 1.42. The number of hydrogen-bond donors (Lipinski definition) is 3. The molecule has 24 heavy (non-hydrogen) atoms. The van der Waals surface area contributed by atoms with Gasteiger partial charge in [0.25, 0.3) is 0 Å². The number of urea groups is 1. The summed E-state index contributed by atoms with van der Waals surface area (Å²) in [5.74, 6) is 0.0508. The molecule has 1 atom stereocenters. The zero-order valence-corrected chi connectivity index (χ0v) is 13.7. The van der Waals surface area contributed by atoms with E-state index in [0.717, 1.165) is 37.2 Å². The van der Waals surface area contributed by atoms with Crippen LogP contribution in [0.15, 0.2) is 24.3 Å². The van der Waals surface area contributed by atoms with E-state index in [2.05, 4.69) is 16.0 Å². The highest BCUT2D eigenvalue weighted by Gasteiger charge is 2.17. The number of piperazine rings is 1. The van der Waals surface area contributed by atoms with Gasteiger partial charge >= 0.3 is 6.03 Å². The number of rotatable bonds is 5. The second kappa shape index (κ2) is 8.01. The van der Waals surface area contributed by atoms with Crippen LogP contribution in [0.5, 0.6) is 0 Å². The highest BCUT2D eigenvalue weighted by atomic mass is 16.5. The summed E-state index contributed by atoms with van der Waals surface area (Å²) < 4.78 is 5.47. The van der Waals surface area contributed by atoms with Crippen molar-refractivity contribution in [2.75, 3.05) is 37.7 Å². The van der Waals surface area contributed by atoms with Crippen LogP contribution in [0.4, 0.5) is 10.5 Å². The molecule has 0 spiro atoms. The van der Waals surface area contributed by atoms with Gasteiger partial charge in [0.2, 0.25) is 5.91 Å². The van der Waals surface area contributed by atoms with Gasteiger partial charge < -0.3 is 25.6 Å². The standard InChI is InChI=1S/C17H24N4O3/c22-16-12-21(8-7-18-16)14-5-3-13(4-6-14)10-19-17(23)20-11-15-2-1-9-24-15/h3-6,15H,1-2,7-12H2,(H,18,22)(H2,19,20,23). The zero-order valence-electron chi connectivity index (χ0n) is 13.7. The van der Waals surface area contributed by atoms with Gasteiger partial charge in [0.1, 0.15) is 0 Å². The lowest BCUT2D eigenvalue weighted by molar-refractivity contribution is -0.120. The number of carbonyl (C=O) groups excluding carboxylic acids is 2. The Morgan fingerprint density at radius 1 is 1.29 bits per heavy atom. The fourth-order valence-electron chi connectivity index (χ4n) is 2.94. The summed E-state index contributed by atoms with van der Waals surface area (Å²) in [5.41, 5.74) is 2.05. The van der Waals surface area contributed by atoms with Crippen molar-refractivity contribution in [1.29, 1.82) is 0 Å². The lowest BCUT2D eigenvalue weighted by atomic mass is 10.2. The summed E-state index contributed by atoms with van der Waals surface area (Å²) in [6.45, 7) is 3.70. The molecule has 1 unspecified atom stereocenters. The van der Waals surface area contributed by atoms with Crippen LogP contribution in [0, 0.1) is 0 Å². The van der Waals surface area contributed by atoms with Crippen LogP contribution in [0.3, 0.4) is 0 Å². The average molecular weight is 332 g/mol. The number of ether oxygens (including phenoxy) is 1. The van der Waals surface area contributed by atoms with Crippen molar-refractivity contribution in [2.24, 2.45) is 0 Å². The minimum Gasteiger partial charge on any atom is -0.376 e. The van der Waals surface area contributed by atoms with Crippen LogP contribution >= 0.6 is 0 Å². The molecule has 2 saturated heterocycles. The second-order valence-corrected chi connectivity index (χ2v) is 6.14. The molecule has 7 nitrogen and oxygen atoms in total. The maximum atomic E-state index is 11.8. The van der Waals surface area contributed by atoms with E-state index in [1.165, 1.54) is 0 Å². The first-order valence-corrected chi connectivity index (χ1v) is 8.44. The Morgan fingerprint density at radius 2 is 2.12 bits per heavy atom. The maximum Gasteiger partial charge on any atom is 0.315 e. The number of hydrogen-bond acceptors (Lipinski definition) is 4. The number of amides is 3. The SMILES string of the molecule is O=C1CN(c2ccc(CNC(=O)NCC3CCCO3)cc2)CCN1. The third-order valence-corrected chi connectivity index (χ3v) is 4.31. The van der Waals surface area contributed by atoms with Crippen LogP contribution in [-0.2, 0) is 16.1 Å². The first-order chi connectivity index (χ1) is 11.7. The van der Waals surface area contributed by atoms with Gasteiger partial charge in [0.15, 0.2) is 0 Å². The van der Waals surface area contributed by atoms with Crippen LogP contribution in [0.1, 0.15) is 18.4 Å². The Bertz CT molecular complexity index is 570. The third-order valence-electron chi connectivity index (χ3n) is 4.31. The van der Waals surface area contributed by atoms with Crippen molar-refractivity contribution >= 4 is 17.6 Å². The number of benzene rings is 1. The van der Waals surface area contributed by atoms with Crippen molar-refractivity contribution in [2.45, 2.75) is 25.5 Å². The summed E-state index contributed by atoms with van der Waals surface area (Å²) in [5, 5.41) is 8.49. The molecule has 0 saturated carbocycles. The molecule has 2 fully saturated rings. The van der Waals surface area contributed by atoms with Crippen LogP contribution in [0.2, 0.25) is 0 Å². The molecular formula is C17H24N4O3. The van der Waals surface area contributed by atoms with Crippen LogP contribution < -0.4 is 20.9 Å². The predicted octanol–water partition coefficient (Wildman–Crippen LogP) is 0.601. The highest BCUT2D eigenvalue weighted by Crippen LogP contribution is 2.16. The van der Waals surface area contributed by atoms with Gasteiger partial charge in [-0.15, -0.1) is 0 Å². The molecule has 0 bridgehead atoms. The van der Waals surface area contributed by atoms with Crippen molar-refractivity contribution < 1.29 is 14.3 Å². The van der Waals surface area contributed by atoms with E-state index in [4.69, 9.17) is 4.74 Å². The topological polar surface area (TPSA) is 82.7 Å². The van der Waals surface area contributed by atoms with Gasteiger partial charge in [-0.3, -0.25) is 4.79 Å². The van der Waals surface area contributed by atoms with Crippen LogP contribution in [-0.4, -0.2) is 50.8 Å². The molecule has 3 rings (SSSR count). The van der Waals surface area contributed by atoms with Crippen molar-refractivity contribution in [3.63, 3.8) is 0 Å². The van der Waals surface area contributed by atoms with E-state index in [-0.39, 0.29) is 18.0 Å². The zero-order chi connectivity index (χ0) is 16.8. The largest absolute Gasteiger partial charge is 0.376 e. The van der Waals surface area contributed by atoms with Crippen molar-refractivity contribution in [3.05, 3.63) is 29.8 Å². The first kappa shape index (κ1) is 16.6. The Morgan fingerprint density at radius 3 is 2.83 bits per heavy atom. The van der Waals surface area contributed by atoms with Gasteiger partial charge in [0.05, 0.1) is 12.6 Å². The molecule has 3 N–H and O–H groups in total. The first-order valence-electron chi connectivity index (χ1n) is 8.44. The van der Waals surface area contributed by atoms with Gasteiger partial charge in [-0.05, 0) is 30.5 Å². The smallest absolute Gasteiger partial charge is 0.315 e. The fraction of sp³-hybridized carbons (Fsp3) is 0.529. The maximum absolute atomic E-state index is 11.8. The van der Waals surface area contributed by atoms with E-state index in [1.54, 1.807) is 0 Å². The van der Waals surface area contributed by atoms with Crippen molar-refractivity contribution in [1.82, 2.24) is 16.0 Å². The number of carbonyl (C=O) groups is 2. The van der Waals surface area contributed by atoms with E-state index in [0.29, 0.717) is 26.2 Å². The molecule has 2 aliphatic rings. The minimum absolute atomic E-state index is 0.0508. The Labute approximate surface area is 141 Å². The lowest BCUT2D eigenvalue weighted by Gasteiger charge is -2.28. The molecule has 0 aliphatic carbocycles. The number of nitrogens with zero attached hydrogens (tertiary/aromatic N) is 1. The van der Waals surface area contributed by atoms with Gasteiger partial charge in [-0.2, -0.15) is 0 Å². The molecular weight excluding hydrogens is 308 g/mol. The molecule has 1 aromatic rings. The molecule has 3 amide bonds. The second-order valence-electron chi connectivity index (χ2n) is 6.14. The van der Waals surface area contributed by atoms with Gasteiger partial charge in [0, 0.05) is 38.5 Å². The molecule has 0 aromatic heterocycles. The normalized spacial score (nSPS) is 20.6. The van der Waals surface area contributed by atoms with E-state index >= 15 is 0 Å². The molecule has 1 aromatic carbocycles. The number of nitrogens with one attached hydrogen (secondary N) is 3. The molecule has 7 heteroatoms. The van der Waals surface area contributed by atoms with Crippen molar-refractivity contribution in [3.8, 4) is 0 Å². The minimum atomic E-state index is -0.178. The van der Waals surface area contributed by atoms with E-state index in [9.17, 15) is 9.59 Å². The lowest BCUT2D eigenvalue weighted by Crippen LogP contribution is -2.47. The molecule has 0 radical (unpaired) electrons. The summed E-state index contributed by atoms with van der Waals surface area (Å²) in [6.07, 6.45) is 2.23. The van der Waals surface area contributed by atoms with Crippen LogP contribution in [0.25, 0.3) is 0 Å². The highest BCUT2D eigenvalue weighted by molar-refractivity contribution is 5.82. The third kappa shape index (κ3) is 4.61. The quantitative estimate of drug-likeness (QED) is 0.737. The summed E-state index contributed by atoms with van der Waals surface area (Å²) >= 11 is 0. The fourth-order valence-corrected chi connectivity index (χ4v) is 2.94. The summed E-state index contributed by atoms with van der Waals surface area (Å²) in [4.78, 5) is 25.3. The Hall–Kier alpha value is -2.28. The predicted molar refractivity (Wildman–Crippen MR) is 90.9 cm³/mol. The van der Waals surface area contributed by atoms with Gasteiger partial charge in [-0.1, -0.05) is 12.1 Å². The van der Waals surface area contributed by atoms with E-state index < -0.39 is 0 Å². The number of anilines is 1. The summed E-state index contributed by atoms with van der Waals surface area (Å²) in [7, 11) is 0. The Kier molecular flexibility index (Phi) is 5.53. The summed E-state index contributed by atoms with van der Waals surface area (Å²) in [6, 6.07) is 7.74. The molecule has 130 valence electrons. The monoisotopic (exact) mass is 332 g/mol. The molecule has 2 heterocycles. The average Bonchev–Trinajstić information content (AvgIpc) is 3.12.